The molecule has 0 atom stereocenters. The molecule has 0 fully saturated rings. The van der Waals surface area contributed by atoms with Crippen molar-refractivity contribution in [1.29, 1.82) is 0 Å². The molecule has 2 rings (SSSR count). The van der Waals surface area contributed by atoms with Gasteiger partial charge in [-0.25, -0.2) is 9.97 Å². The summed E-state index contributed by atoms with van der Waals surface area (Å²) < 4.78 is 2.04. The summed E-state index contributed by atoms with van der Waals surface area (Å²) in [6.45, 7) is 4.01. The molecule has 0 spiro atoms. The molecule has 2 aromatic rings. The minimum atomic E-state index is 0.535. The van der Waals surface area contributed by atoms with E-state index in [0.29, 0.717) is 11.0 Å². The molecule has 0 aliphatic heterocycles. The highest BCUT2D eigenvalue weighted by Crippen LogP contribution is 2.37. The smallest absolute Gasteiger partial charge is 0.171 e. The van der Waals surface area contributed by atoms with Crippen LogP contribution in [0.5, 0.6) is 0 Å². The largest absolute Gasteiger partial charge is 0.232 e. The van der Waals surface area contributed by atoms with Crippen LogP contribution < -0.4 is 0 Å². The van der Waals surface area contributed by atoms with E-state index in [1.54, 1.807) is 11.3 Å². The Morgan fingerprint density at radius 2 is 2.06 bits per heavy atom. The van der Waals surface area contributed by atoms with E-state index in [0.717, 1.165) is 30.8 Å². The van der Waals surface area contributed by atoms with Crippen LogP contribution in [0, 0.1) is 6.92 Å². The van der Waals surface area contributed by atoms with E-state index in [-0.39, 0.29) is 0 Å². The molecule has 2 heterocycles. The SMILES string of the molecule is CCc1nc(-c2cc(Br)c(Br)s2)nc(Cl)c1C. The highest BCUT2D eigenvalue weighted by molar-refractivity contribution is 9.13. The van der Waals surface area contributed by atoms with Crippen LogP contribution in [0.4, 0.5) is 0 Å². The maximum atomic E-state index is 6.12. The molecular weight excluding hydrogens is 387 g/mol. The number of rotatable bonds is 2. The van der Waals surface area contributed by atoms with Crippen LogP contribution >= 0.6 is 54.8 Å². The second-order valence-electron chi connectivity index (χ2n) is 3.50. The van der Waals surface area contributed by atoms with Gasteiger partial charge in [-0.2, -0.15) is 0 Å². The number of nitrogens with zero attached hydrogens (tertiary/aromatic N) is 2. The van der Waals surface area contributed by atoms with E-state index in [2.05, 4.69) is 48.8 Å². The molecule has 90 valence electrons. The Morgan fingerprint density at radius 1 is 1.35 bits per heavy atom. The Balaban J connectivity index is 2.56. The molecule has 0 aliphatic rings. The zero-order valence-electron chi connectivity index (χ0n) is 9.22. The summed E-state index contributed by atoms with van der Waals surface area (Å²) in [5.74, 6) is 0.689. The van der Waals surface area contributed by atoms with Gasteiger partial charge in [0, 0.05) is 15.7 Å². The third-order valence-corrected chi connectivity index (χ3v) is 6.01. The summed E-state index contributed by atoms with van der Waals surface area (Å²) in [6.07, 6.45) is 0.856. The molecule has 0 unspecified atom stereocenters. The van der Waals surface area contributed by atoms with Crippen LogP contribution in [0.3, 0.4) is 0 Å². The second kappa shape index (κ2) is 5.34. The Kier molecular flexibility index (Phi) is 4.23. The van der Waals surface area contributed by atoms with Gasteiger partial charge in [0.2, 0.25) is 0 Å². The lowest BCUT2D eigenvalue weighted by Gasteiger charge is -2.06. The minimum absolute atomic E-state index is 0.535. The van der Waals surface area contributed by atoms with Gasteiger partial charge in [0.25, 0.3) is 0 Å². The molecule has 0 N–H and O–H groups in total. The number of thiophene rings is 1. The number of hydrogen-bond acceptors (Lipinski definition) is 3. The molecule has 0 saturated carbocycles. The minimum Gasteiger partial charge on any atom is -0.232 e. The molecule has 0 amide bonds. The first-order valence-corrected chi connectivity index (χ1v) is 7.79. The number of halogens is 3. The molecule has 0 radical (unpaired) electrons. The van der Waals surface area contributed by atoms with Crippen molar-refractivity contribution in [3.05, 3.63) is 30.7 Å². The van der Waals surface area contributed by atoms with Crippen molar-refractivity contribution in [2.75, 3.05) is 0 Å². The maximum absolute atomic E-state index is 6.12. The lowest BCUT2D eigenvalue weighted by Crippen LogP contribution is -1.98. The summed E-state index contributed by atoms with van der Waals surface area (Å²) in [7, 11) is 0. The number of hydrogen-bond donors (Lipinski definition) is 0. The van der Waals surface area contributed by atoms with E-state index < -0.39 is 0 Å². The number of aryl methyl sites for hydroxylation is 1. The topological polar surface area (TPSA) is 25.8 Å². The molecule has 0 aromatic carbocycles. The molecule has 6 heteroatoms. The Bertz CT molecular complexity index is 549. The summed E-state index contributed by atoms with van der Waals surface area (Å²) in [4.78, 5) is 9.88. The van der Waals surface area contributed by atoms with Crippen molar-refractivity contribution in [2.45, 2.75) is 20.3 Å². The Hall–Kier alpha value is 0.0300. The zero-order valence-corrected chi connectivity index (χ0v) is 14.0. The van der Waals surface area contributed by atoms with Gasteiger partial charge in [-0.05, 0) is 51.3 Å². The quantitative estimate of drug-likeness (QED) is 0.648. The molecule has 0 aliphatic carbocycles. The van der Waals surface area contributed by atoms with Crippen LogP contribution in [0.2, 0.25) is 5.15 Å². The summed E-state index contributed by atoms with van der Waals surface area (Å²) in [5, 5.41) is 0.535. The third-order valence-electron chi connectivity index (χ3n) is 2.39. The molecule has 17 heavy (non-hydrogen) atoms. The fourth-order valence-electron chi connectivity index (χ4n) is 1.44. The van der Waals surface area contributed by atoms with E-state index in [4.69, 9.17) is 11.6 Å². The van der Waals surface area contributed by atoms with E-state index >= 15 is 0 Å². The van der Waals surface area contributed by atoms with Gasteiger partial charge in [-0.15, -0.1) is 11.3 Å². The molecular formula is C11H9Br2ClN2S. The zero-order chi connectivity index (χ0) is 12.6. The van der Waals surface area contributed by atoms with Gasteiger partial charge in [-0.3, -0.25) is 0 Å². The van der Waals surface area contributed by atoms with Crippen LogP contribution in [-0.4, -0.2) is 9.97 Å². The van der Waals surface area contributed by atoms with Crippen molar-refractivity contribution in [2.24, 2.45) is 0 Å². The molecule has 0 saturated heterocycles. The van der Waals surface area contributed by atoms with Crippen molar-refractivity contribution in [1.82, 2.24) is 9.97 Å². The fraction of sp³-hybridized carbons (Fsp3) is 0.273. The van der Waals surface area contributed by atoms with E-state index in [1.807, 2.05) is 13.0 Å². The van der Waals surface area contributed by atoms with Crippen molar-refractivity contribution >= 4 is 54.8 Å². The van der Waals surface area contributed by atoms with Gasteiger partial charge in [0.1, 0.15) is 5.15 Å². The van der Waals surface area contributed by atoms with Gasteiger partial charge < -0.3 is 0 Å². The van der Waals surface area contributed by atoms with Crippen LogP contribution in [0.15, 0.2) is 14.3 Å². The van der Waals surface area contributed by atoms with Gasteiger partial charge in [-0.1, -0.05) is 18.5 Å². The Labute approximate surface area is 126 Å². The lowest BCUT2D eigenvalue weighted by atomic mass is 10.2. The summed E-state index contributed by atoms with van der Waals surface area (Å²) >= 11 is 14.6. The van der Waals surface area contributed by atoms with Crippen molar-refractivity contribution in [3.63, 3.8) is 0 Å². The standard InChI is InChI=1S/C11H9Br2ClN2S/c1-3-7-5(2)10(14)16-11(15-7)8-4-6(12)9(13)17-8/h4H,3H2,1-2H3. The average molecular weight is 397 g/mol. The van der Waals surface area contributed by atoms with E-state index in [1.165, 1.54) is 0 Å². The van der Waals surface area contributed by atoms with Crippen LogP contribution in [-0.2, 0) is 6.42 Å². The first kappa shape index (κ1) is 13.5. The van der Waals surface area contributed by atoms with Crippen LogP contribution in [0.1, 0.15) is 18.2 Å². The normalized spacial score (nSPS) is 10.9. The molecule has 2 aromatic heterocycles. The average Bonchev–Trinajstić information content (AvgIpc) is 2.63. The lowest BCUT2D eigenvalue weighted by molar-refractivity contribution is 0.979. The highest BCUT2D eigenvalue weighted by atomic mass is 79.9. The first-order valence-electron chi connectivity index (χ1n) is 5.01. The van der Waals surface area contributed by atoms with Gasteiger partial charge in [0.15, 0.2) is 5.82 Å². The predicted octanol–water partition coefficient (Wildman–Crippen LogP) is 5.25. The van der Waals surface area contributed by atoms with Crippen LogP contribution in [0.25, 0.3) is 10.7 Å². The molecule has 0 bridgehead atoms. The summed E-state index contributed by atoms with van der Waals surface area (Å²) in [5.41, 5.74) is 1.97. The maximum Gasteiger partial charge on any atom is 0.171 e. The van der Waals surface area contributed by atoms with Crippen molar-refractivity contribution in [3.8, 4) is 10.7 Å². The van der Waals surface area contributed by atoms with Gasteiger partial charge in [0.05, 0.1) is 8.66 Å². The highest BCUT2D eigenvalue weighted by Gasteiger charge is 2.13. The fourth-order valence-corrected chi connectivity index (χ4v) is 3.60. The summed E-state index contributed by atoms with van der Waals surface area (Å²) in [6, 6.07) is 2.00. The third kappa shape index (κ3) is 2.72. The second-order valence-corrected chi connectivity index (χ2v) is 7.08. The van der Waals surface area contributed by atoms with Gasteiger partial charge >= 0.3 is 0 Å². The number of aromatic nitrogens is 2. The van der Waals surface area contributed by atoms with E-state index in [9.17, 15) is 0 Å². The first-order chi connectivity index (χ1) is 8.02. The van der Waals surface area contributed by atoms with Crippen molar-refractivity contribution < 1.29 is 0 Å². The molecule has 2 nitrogen and oxygen atoms in total. The monoisotopic (exact) mass is 394 g/mol. The Morgan fingerprint density at radius 3 is 2.59 bits per heavy atom. The predicted molar refractivity (Wildman–Crippen MR) is 79.9 cm³/mol.